The number of rotatable bonds is 10. The van der Waals surface area contributed by atoms with Crippen molar-refractivity contribution < 1.29 is 13.9 Å². The minimum Gasteiger partial charge on any atom is -0.494 e. The van der Waals surface area contributed by atoms with Crippen molar-refractivity contribution in [3.05, 3.63) is 47.8 Å². The second-order valence-corrected chi connectivity index (χ2v) is 9.10. The number of nitrogens with zero attached hydrogens (tertiary/aromatic N) is 3. The molecule has 0 aliphatic rings. The van der Waals surface area contributed by atoms with Gasteiger partial charge in [-0.2, -0.15) is 0 Å². The normalized spacial score (nSPS) is 11.3. The van der Waals surface area contributed by atoms with Crippen LogP contribution in [0.2, 0.25) is 0 Å². The molecule has 2 aromatic carbocycles. The van der Waals surface area contributed by atoms with E-state index in [1.54, 1.807) is 24.1 Å². The monoisotopic (exact) mass is 461 g/mol. The molecule has 0 aliphatic heterocycles. The molecule has 31 heavy (non-hydrogen) atoms. The van der Waals surface area contributed by atoms with Gasteiger partial charge in [0.05, 0.1) is 17.6 Å². The van der Waals surface area contributed by atoms with Gasteiger partial charge in [0.25, 0.3) is 0 Å². The van der Waals surface area contributed by atoms with Crippen molar-refractivity contribution >= 4 is 44.4 Å². The van der Waals surface area contributed by atoms with Crippen molar-refractivity contribution in [3.63, 3.8) is 0 Å². The van der Waals surface area contributed by atoms with Crippen LogP contribution >= 0.6 is 23.1 Å². The number of halogens is 1. The average Bonchev–Trinajstić information content (AvgIpc) is 3.22. The highest BCUT2D eigenvalue weighted by molar-refractivity contribution is 8.00. The molecule has 3 rings (SSSR count). The molecule has 1 amide bonds. The van der Waals surface area contributed by atoms with Gasteiger partial charge in [-0.25, -0.2) is 9.37 Å². The number of thioether (sulfide) groups is 1. The largest absolute Gasteiger partial charge is 0.494 e. The van der Waals surface area contributed by atoms with Gasteiger partial charge in [0.1, 0.15) is 17.1 Å². The maximum absolute atomic E-state index is 13.2. The highest BCUT2D eigenvalue weighted by atomic mass is 32.2. The number of aromatic nitrogens is 1. The number of benzene rings is 2. The molecule has 0 unspecified atom stereocenters. The molecule has 1 heterocycles. The maximum atomic E-state index is 13.2. The van der Waals surface area contributed by atoms with Gasteiger partial charge in [0.15, 0.2) is 5.13 Å². The molecule has 1 aromatic heterocycles. The molecule has 3 aromatic rings. The third-order valence-electron chi connectivity index (χ3n) is 5.15. The molecule has 0 N–H and O–H groups in total. The average molecular weight is 462 g/mol. The van der Waals surface area contributed by atoms with Crippen molar-refractivity contribution in [1.82, 2.24) is 9.88 Å². The Labute approximate surface area is 191 Å². The second kappa shape index (κ2) is 10.9. The zero-order valence-electron chi connectivity index (χ0n) is 18.4. The number of anilines is 1. The summed E-state index contributed by atoms with van der Waals surface area (Å²) in [6, 6.07) is 10.1. The number of fused-ring (bicyclic) bond motifs is 1. The number of carbonyl (C=O) groups excluding carboxylic acids is 1. The van der Waals surface area contributed by atoms with E-state index in [4.69, 9.17) is 9.72 Å². The van der Waals surface area contributed by atoms with Crippen LogP contribution in [0.15, 0.2) is 41.3 Å². The van der Waals surface area contributed by atoms with Crippen LogP contribution in [0.4, 0.5) is 9.52 Å². The summed E-state index contributed by atoms with van der Waals surface area (Å²) in [6.45, 7) is 9.46. The van der Waals surface area contributed by atoms with Gasteiger partial charge in [-0.3, -0.25) is 9.69 Å². The number of likely N-dealkylation sites (N-methyl/N-ethyl adjacent to an activating group) is 1. The summed E-state index contributed by atoms with van der Waals surface area (Å²) in [7, 11) is 1.63. The lowest BCUT2D eigenvalue weighted by Gasteiger charge is -2.24. The number of carbonyl (C=O) groups is 1. The summed E-state index contributed by atoms with van der Waals surface area (Å²) in [6.07, 6.45) is 0. The van der Waals surface area contributed by atoms with Crippen LogP contribution in [0.1, 0.15) is 19.4 Å². The van der Waals surface area contributed by atoms with E-state index in [0.717, 1.165) is 40.3 Å². The Morgan fingerprint density at radius 1 is 1.13 bits per heavy atom. The lowest BCUT2D eigenvalue weighted by atomic mass is 10.2. The first kappa shape index (κ1) is 23.5. The van der Waals surface area contributed by atoms with Crippen LogP contribution in [0.5, 0.6) is 5.75 Å². The zero-order chi connectivity index (χ0) is 22.4. The van der Waals surface area contributed by atoms with Gasteiger partial charge >= 0.3 is 0 Å². The lowest BCUT2D eigenvalue weighted by Crippen LogP contribution is -2.39. The van der Waals surface area contributed by atoms with Gasteiger partial charge < -0.3 is 9.64 Å². The molecule has 0 bridgehead atoms. The van der Waals surface area contributed by atoms with Gasteiger partial charge in [-0.05, 0) is 55.9 Å². The molecule has 0 spiro atoms. The van der Waals surface area contributed by atoms with Crippen LogP contribution < -0.4 is 9.64 Å². The van der Waals surface area contributed by atoms with E-state index < -0.39 is 0 Å². The molecular formula is C23H28FN3O2S2. The van der Waals surface area contributed by atoms with Crippen molar-refractivity contribution in [1.29, 1.82) is 0 Å². The number of aryl methyl sites for hydroxylation is 1. The Morgan fingerprint density at radius 3 is 2.48 bits per heavy atom. The molecule has 0 aliphatic carbocycles. The van der Waals surface area contributed by atoms with E-state index in [1.165, 1.54) is 35.2 Å². The minimum atomic E-state index is -0.282. The fourth-order valence-electron chi connectivity index (χ4n) is 3.24. The van der Waals surface area contributed by atoms with Gasteiger partial charge in [-0.15, -0.1) is 11.8 Å². The van der Waals surface area contributed by atoms with Crippen LogP contribution in [-0.2, 0) is 4.79 Å². The smallest absolute Gasteiger partial charge is 0.239 e. The lowest BCUT2D eigenvalue weighted by molar-refractivity contribution is -0.116. The third-order valence-corrected chi connectivity index (χ3v) is 7.36. The van der Waals surface area contributed by atoms with Crippen LogP contribution in [0, 0.1) is 12.7 Å². The van der Waals surface area contributed by atoms with Crippen molar-refractivity contribution in [3.8, 4) is 5.75 Å². The Morgan fingerprint density at radius 2 is 1.84 bits per heavy atom. The summed E-state index contributed by atoms with van der Waals surface area (Å²) in [4.78, 5) is 22.9. The number of hydrogen-bond acceptors (Lipinski definition) is 6. The van der Waals surface area contributed by atoms with Gasteiger partial charge in [0, 0.05) is 18.0 Å². The Hall–Kier alpha value is -2.16. The summed E-state index contributed by atoms with van der Waals surface area (Å²) in [5, 5.41) is 0.680. The summed E-state index contributed by atoms with van der Waals surface area (Å²) < 4.78 is 19.7. The second-order valence-electron chi connectivity index (χ2n) is 7.07. The van der Waals surface area contributed by atoms with E-state index >= 15 is 0 Å². The predicted octanol–water partition coefficient (Wildman–Crippen LogP) is 5.22. The van der Waals surface area contributed by atoms with Gasteiger partial charge in [-0.1, -0.05) is 31.3 Å². The quantitative estimate of drug-likeness (QED) is 0.388. The Balaban J connectivity index is 1.86. The predicted molar refractivity (Wildman–Crippen MR) is 128 cm³/mol. The molecule has 0 saturated carbocycles. The van der Waals surface area contributed by atoms with Crippen molar-refractivity contribution in [2.45, 2.75) is 25.7 Å². The van der Waals surface area contributed by atoms with Crippen molar-refractivity contribution in [2.75, 3.05) is 43.9 Å². The molecule has 5 nitrogen and oxygen atoms in total. The first-order valence-corrected chi connectivity index (χ1v) is 12.1. The fourth-order valence-corrected chi connectivity index (χ4v) is 5.11. The molecule has 8 heteroatoms. The zero-order valence-corrected chi connectivity index (χ0v) is 20.0. The first-order chi connectivity index (χ1) is 15.0. The fraction of sp³-hybridized carbons (Fsp3) is 0.391. The summed E-state index contributed by atoms with van der Waals surface area (Å²) >= 11 is 2.92. The van der Waals surface area contributed by atoms with Crippen LogP contribution in [0.25, 0.3) is 10.2 Å². The SMILES string of the molecule is CCN(CC)CCN(C(=O)CSc1ccc(F)cc1)c1nc2c(OC)ccc(C)c2s1. The number of ether oxygens (including phenoxy) is 1. The summed E-state index contributed by atoms with van der Waals surface area (Å²) in [5.41, 5.74) is 1.89. The number of amides is 1. The van der Waals surface area contributed by atoms with Crippen LogP contribution in [0.3, 0.4) is 0 Å². The summed E-state index contributed by atoms with van der Waals surface area (Å²) in [5.74, 6) is 0.669. The molecule has 0 atom stereocenters. The number of methoxy groups -OCH3 is 1. The molecule has 166 valence electrons. The molecule has 0 radical (unpaired) electrons. The van der Waals surface area contributed by atoms with Crippen LogP contribution in [-0.4, -0.2) is 54.8 Å². The standard InChI is InChI=1S/C23H28FN3O2S2/c1-5-26(6-2)13-14-27(20(28)15-30-18-10-8-17(24)9-11-18)23-25-21-19(29-4)12-7-16(3)22(21)31-23/h7-12H,5-6,13-15H2,1-4H3. The minimum absolute atomic E-state index is 0.0165. The highest BCUT2D eigenvalue weighted by Crippen LogP contribution is 2.36. The topological polar surface area (TPSA) is 45.7 Å². The third kappa shape index (κ3) is 5.75. The Bertz CT molecular complexity index is 1020. The number of hydrogen-bond donors (Lipinski definition) is 0. The highest BCUT2D eigenvalue weighted by Gasteiger charge is 2.22. The van der Waals surface area contributed by atoms with E-state index in [-0.39, 0.29) is 17.5 Å². The van der Waals surface area contributed by atoms with Gasteiger partial charge in [0.2, 0.25) is 5.91 Å². The molecule has 0 saturated heterocycles. The Kier molecular flexibility index (Phi) is 8.28. The maximum Gasteiger partial charge on any atom is 0.239 e. The molecule has 0 fully saturated rings. The molecular weight excluding hydrogens is 433 g/mol. The first-order valence-electron chi connectivity index (χ1n) is 10.3. The van der Waals surface area contributed by atoms with E-state index in [0.29, 0.717) is 17.4 Å². The van der Waals surface area contributed by atoms with Crippen molar-refractivity contribution in [2.24, 2.45) is 0 Å². The van der Waals surface area contributed by atoms with E-state index in [2.05, 4.69) is 18.7 Å². The number of thiazole rings is 1. The van der Waals surface area contributed by atoms with E-state index in [9.17, 15) is 9.18 Å². The van der Waals surface area contributed by atoms with E-state index in [1.807, 2.05) is 19.1 Å².